The minimum Gasteiger partial charge on any atom is -0.618 e. The van der Waals surface area contributed by atoms with E-state index in [1.807, 2.05) is 66.9 Å². The van der Waals surface area contributed by atoms with Crippen LogP contribution in [0, 0.1) is 65.8 Å². The molecule has 0 atom stereocenters. The number of methoxy groups -OCH3 is 2. The Labute approximate surface area is 602 Å². The maximum absolute atomic E-state index is 12.4. The van der Waals surface area contributed by atoms with Gasteiger partial charge in [0, 0.05) is 74.4 Å². The summed E-state index contributed by atoms with van der Waals surface area (Å²) in [5.41, 5.74) is 38.8. The zero-order chi connectivity index (χ0) is 71.8. The van der Waals surface area contributed by atoms with Crippen LogP contribution >= 0.6 is 78.3 Å². The number of anilines is 5. The topological polar surface area (TPSA) is 361 Å². The fourth-order valence-corrected chi connectivity index (χ4v) is 13.5. The van der Waals surface area contributed by atoms with Gasteiger partial charge >= 0.3 is 0 Å². The summed E-state index contributed by atoms with van der Waals surface area (Å²) in [5, 5.41) is 37.6. The number of nitrogens with two attached hydrogens (primary N) is 4. The third kappa shape index (κ3) is 15.1. The van der Waals surface area contributed by atoms with Crippen LogP contribution in [0.2, 0.25) is 20.6 Å². The molecule has 11 aromatic heterocycles. The second kappa shape index (κ2) is 30.3. The van der Waals surface area contributed by atoms with Crippen molar-refractivity contribution >= 4 is 147 Å². The molecule has 1 aliphatic rings. The molecule has 1 amide bonds. The maximum atomic E-state index is 12.4. The Morgan fingerprint density at radius 1 is 0.551 bits per heavy atom. The van der Waals surface area contributed by atoms with Crippen molar-refractivity contribution in [2.24, 2.45) is 0 Å². The third-order valence-corrected chi connectivity index (χ3v) is 20.4. The molecule has 9 N–H and O–H groups in total. The first-order valence-corrected chi connectivity index (χ1v) is 33.8. The number of carbonyl (C=O) groups is 1. The molecule has 11 aromatic rings. The number of aliphatic hydroxyl groups is 1. The van der Waals surface area contributed by atoms with Crippen LogP contribution in [0.25, 0.3) is 33.1 Å². The zero-order valence-corrected chi connectivity index (χ0v) is 62.6. The van der Waals surface area contributed by atoms with E-state index in [2.05, 4.69) is 123 Å². The van der Waals surface area contributed by atoms with Crippen LogP contribution in [-0.4, -0.2) is 95.4 Å². The van der Waals surface area contributed by atoms with Gasteiger partial charge < -0.3 is 61.6 Å². The Morgan fingerprint density at radius 2 is 0.980 bits per heavy atom. The molecule has 0 radical (unpaired) electrons. The SMILES string of the molecule is COc1c(C)c[n+]([O-])c(CN2C(=O)Cc3c(Cl)nc(N)nc32)c1C.COc1c(C)cnc(Cn2cc(CCO)c3c(Cl)nc(N)nc32)c1C.Cc1c[n+]([O-])c(Cn2cc(C(C)C)c3c(Cl)nc(N)nc32)c(C)c1Br.Cc1cnc(Cn2cc(C(C)C)c3c(Cl)nc(N)nc32)c(C)c1Br. The van der Waals surface area contributed by atoms with Gasteiger partial charge in [0.05, 0.1) is 72.4 Å². The Hall–Kier alpha value is -8.51. The first-order valence-electron chi connectivity index (χ1n) is 30.7. The molecule has 12 rings (SSSR count). The van der Waals surface area contributed by atoms with Gasteiger partial charge in [-0.2, -0.15) is 29.4 Å². The molecular formula is C66H74Br2Cl4N20O6. The number of hydrogen-bond acceptors (Lipinski definition) is 20. The number of hydrogen-bond donors (Lipinski definition) is 5. The summed E-state index contributed by atoms with van der Waals surface area (Å²) in [6.07, 6.45) is 13.1. The first-order chi connectivity index (χ1) is 46.3. The molecule has 0 fully saturated rings. The molecule has 0 aromatic carbocycles. The second-order valence-corrected chi connectivity index (χ2v) is 27.2. The van der Waals surface area contributed by atoms with Crippen LogP contribution in [0.15, 0.2) is 52.3 Å². The van der Waals surface area contributed by atoms with Crippen LogP contribution in [0.5, 0.6) is 11.5 Å². The standard InChI is InChI=1S/C17H19BrClN5O.C17H19BrClN5.C17H20ClN5O2.C15H16ClN5O3/c1-8(2)11-6-23(16-13(11)15(19)21-17(20)22-16)7-12-10(4)14(18)9(3)5-24(12)25;1-8(2)11-6-24(16-13(11)15(19)22-17(20)23-16)7-12-10(4)14(18)9(3)5-21-12;1-9-6-20-12(10(2)14(9)25-3)8-23-7-11(4-5-24)13-15(18)21-17(19)22-16(13)23;1-7-5-21(23)10(8(2)12(7)24-3)6-20-11(22)4-9-13(16)18-15(17)19-14(9)20/h5-6,8H,7H2,1-4H3,(H2,20,21,22);5-6,8H,7H2,1-4H3,(H2,20,22,23);6-7,24H,4-5,8H2,1-3H3,(H2,19,21,22);5H,4,6H2,1-3H3,(H2,17,18,19). The Balaban J connectivity index is 0.000000153. The van der Waals surface area contributed by atoms with E-state index in [0.717, 1.165) is 108 Å². The normalized spacial score (nSPS) is 11.9. The highest BCUT2D eigenvalue weighted by Gasteiger charge is 2.35. The van der Waals surface area contributed by atoms with Gasteiger partial charge in [-0.05, 0) is 117 Å². The molecule has 12 heterocycles. The molecule has 0 saturated heterocycles. The van der Waals surface area contributed by atoms with E-state index < -0.39 is 0 Å². The lowest BCUT2D eigenvalue weighted by molar-refractivity contribution is -0.615. The summed E-state index contributed by atoms with van der Waals surface area (Å²) in [6.45, 7) is 25.3. The number of aromatic nitrogens is 15. The summed E-state index contributed by atoms with van der Waals surface area (Å²) in [7, 11) is 3.19. The van der Waals surface area contributed by atoms with E-state index in [1.165, 1.54) is 18.2 Å². The van der Waals surface area contributed by atoms with E-state index in [-0.39, 0.29) is 65.5 Å². The summed E-state index contributed by atoms with van der Waals surface area (Å²) in [6, 6.07) is 0. The highest BCUT2D eigenvalue weighted by molar-refractivity contribution is 9.11. The maximum Gasteiger partial charge on any atom is 0.233 e. The lowest BCUT2D eigenvalue weighted by Gasteiger charge is -2.19. The number of aliphatic hydroxyl groups excluding tert-OH is 1. The van der Waals surface area contributed by atoms with Crippen LogP contribution in [0.3, 0.4) is 0 Å². The van der Waals surface area contributed by atoms with Crippen molar-refractivity contribution in [3.05, 3.63) is 173 Å². The quantitative estimate of drug-likeness (QED) is 0.0383. The van der Waals surface area contributed by atoms with Crippen LogP contribution in [0.1, 0.15) is 129 Å². The highest BCUT2D eigenvalue weighted by Crippen LogP contribution is 2.38. The Bertz CT molecular complexity index is 4930. The molecule has 0 aliphatic carbocycles. The van der Waals surface area contributed by atoms with Gasteiger partial charge in [0.1, 0.15) is 68.0 Å². The van der Waals surface area contributed by atoms with E-state index in [9.17, 15) is 20.3 Å². The minimum absolute atomic E-state index is 0.00938. The molecule has 0 spiro atoms. The summed E-state index contributed by atoms with van der Waals surface area (Å²) < 4.78 is 20.4. The summed E-state index contributed by atoms with van der Waals surface area (Å²) >= 11 is 32.1. The Morgan fingerprint density at radius 3 is 1.50 bits per heavy atom. The van der Waals surface area contributed by atoms with Gasteiger partial charge in [0.15, 0.2) is 12.4 Å². The van der Waals surface area contributed by atoms with Crippen molar-refractivity contribution < 1.29 is 28.8 Å². The molecule has 32 heteroatoms. The molecule has 0 bridgehead atoms. The summed E-state index contributed by atoms with van der Waals surface area (Å²) in [5.74, 6) is 2.48. The summed E-state index contributed by atoms with van der Waals surface area (Å²) in [4.78, 5) is 56.1. The predicted molar refractivity (Wildman–Crippen MR) is 389 cm³/mol. The van der Waals surface area contributed by atoms with E-state index in [0.29, 0.717) is 93.0 Å². The van der Waals surface area contributed by atoms with Crippen molar-refractivity contribution in [2.75, 3.05) is 48.7 Å². The molecular weight excluding hydrogens is 1470 g/mol. The largest absolute Gasteiger partial charge is 0.618 e. The number of halogens is 6. The minimum atomic E-state index is -0.217. The van der Waals surface area contributed by atoms with Crippen molar-refractivity contribution in [2.45, 2.75) is 134 Å². The first kappa shape index (κ1) is 73.7. The molecule has 0 unspecified atom stereocenters. The smallest absolute Gasteiger partial charge is 0.233 e. The number of nitrogen functional groups attached to an aromatic ring is 4. The van der Waals surface area contributed by atoms with Crippen molar-refractivity contribution in [3.63, 3.8) is 0 Å². The van der Waals surface area contributed by atoms with Crippen molar-refractivity contribution in [1.82, 2.24) is 63.5 Å². The molecule has 0 saturated carbocycles. The van der Waals surface area contributed by atoms with Crippen LogP contribution in [0.4, 0.5) is 29.6 Å². The number of ether oxygens (including phenoxy) is 2. The van der Waals surface area contributed by atoms with Gasteiger partial charge in [-0.25, -0.2) is 19.9 Å². The average Bonchev–Trinajstić information content (AvgIpc) is 1.62. The number of fused-ring (bicyclic) bond motifs is 4. The number of pyridine rings is 4. The third-order valence-electron chi connectivity index (χ3n) is 16.8. The molecule has 1 aliphatic heterocycles. The van der Waals surface area contributed by atoms with Gasteiger partial charge in [0.25, 0.3) is 0 Å². The van der Waals surface area contributed by atoms with Gasteiger partial charge in [0.2, 0.25) is 41.1 Å². The number of aryl methyl sites for hydroxylation is 4. The molecule has 26 nitrogen and oxygen atoms in total. The van der Waals surface area contributed by atoms with E-state index in [1.54, 1.807) is 33.4 Å². The predicted octanol–water partition coefficient (Wildman–Crippen LogP) is 11.8. The van der Waals surface area contributed by atoms with Crippen molar-refractivity contribution in [3.8, 4) is 11.5 Å². The van der Waals surface area contributed by atoms with Crippen LogP contribution in [-0.2, 0) is 43.8 Å². The fourth-order valence-electron chi connectivity index (χ4n) is 11.8. The number of carbonyl (C=O) groups excluding carboxylic acids is 1. The molecule has 98 heavy (non-hydrogen) atoms. The monoisotopic (exact) mass is 1540 g/mol. The van der Waals surface area contributed by atoms with E-state index >= 15 is 0 Å². The van der Waals surface area contributed by atoms with Crippen LogP contribution < -0.4 is 46.8 Å². The average molecular weight is 1550 g/mol. The van der Waals surface area contributed by atoms with Gasteiger partial charge in [-0.15, -0.1) is 0 Å². The number of nitrogens with zero attached hydrogens (tertiary/aromatic N) is 16. The fraction of sp³-hybridized carbons (Fsp3) is 0.348. The lowest BCUT2D eigenvalue weighted by atomic mass is 10.0. The Kier molecular flexibility index (Phi) is 22.8. The van der Waals surface area contributed by atoms with Gasteiger partial charge in [-0.3, -0.25) is 19.7 Å². The van der Waals surface area contributed by atoms with Crippen molar-refractivity contribution in [1.29, 1.82) is 0 Å². The number of amides is 1. The van der Waals surface area contributed by atoms with E-state index in [4.69, 9.17) is 78.8 Å². The van der Waals surface area contributed by atoms with Gasteiger partial charge in [-0.1, -0.05) is 90.0 Å². The lowest BCUT2D eigenvalue weighted by Crippen LogP contribution is -2.39. The highest BCUT2D eigenvalue weighted by atomic mass is 79.9. The molecule has 516 valence electrons. The number of rotatable bonds is 14. The second-order valence-electron chi connectivity index (χ2n) is 24.2. The zero-order valence-electron chi connectivity index (χ0n) is 56.4.